The third-order valence-electron chi connectivity index (χ3n) is 0.577. The molecule has 66 valence electrons. The molecule has 0 fully saturated rings. The van der Waals surface area contributed by atoms with E-state index in [1.165, 1.54) is 0 Å². The zero-order valence-corrected chi connectivity index (χ0v) is 7.66. The number of hydrogen-bond acceptors (Lipinski definition) is 3. The zero-order chi connectivity index (χ0) is 9.11. The second-order valence-corrected chi connectivity index (χ2v) is 2.57. The minimum atomic E-state index is -2.39. The molecule has 1 atom stereocenters. The molecule has 11 heavy (non-hydrogen) atoms. The Bertz CT molecular complexity index is 118. The van der Waals surface area contributed by atoms with Crippen molar-refractivity contribution >= 4 is 21.0 Å². The van der Waals surface area contributed by atoms with E-state index in [0.29, 0.717) is 0 Å². The predicted molar refractivity (Wildman–Crippen MR) is 48.0 cm³/mol. The number of halogens is 1. The zero-order valence-electron chi connectivity index (χ0n) is 6.09. The highest BCUT2D eigenvalue weighted by Crippen LogP contribution is 1.71. The third-order valence-corrected chi connectivity index (χ3v) is 0.577. The van der Waals surface area contributed by atoms with Crippen LogP contribution in [0.1, 0.15) is 0 Å². The molecule has 0 radical (unpaired) electrons. The Kier molecular flexibility index (Phi) is 15.3. The first kappa shape index (κ1) is 13.4. The first-order valence-electron chi connectivity index (χ1n) is 2.83. The first-order valence-corrected chi connectivity index (χ1v) is 4.73. The highest BCUT2D eigenvalue weighted by Gasteiger charge is 1.69. The van der Waals surface area contributed by atoms with E-state index in [-0.39, 0.29) is 0 Å². The molecular weight excluding hydrogens is 186 g/mol. The van der Waals surface area contributed by atoms with E-state index in [1.807, 2.05) is 12.2 Å². The average Bonchev–Trinajstić information content (AvgIpc) is 1.88. The van der Waals surface area contributed by atoms with Gasteiger partial charge >= 0.3 is 0 Å². The van der Waals surface area contributed by atoms with Crippen molar-refractivity contribution < 1.29 is 8.76 Å². The first-order chi connectivity index (χ1) is 5.15. The maximum absolute atomic E-state index is 8.77. The van der Waals surface area contributed by atoms with Crippen LogP contribution in [0.25, 0.3) is 0 Å². The Morgan fingerprint density at radius 1 is 1.45 bits per heavy atom. The highest BCUT2D eigenvalue weighted by molar-refractivity contribution is 8.03. The second kappa shape index (κ2) is 12.5. The topological polar surface area (TPSA) is 52.2 Å². The van der Waals surface area contributed by atoms with E-state index >= 15 is 0 Å². The van der Waals surface area contributed by atoms with Gasteiger partial charge in [-0.15, -0.1) is 13.2 Å². The summed E-state index contributed by atoms with van der Waals surface area (Å²) >= 11 is 0. The minimum Gasteiger partial charge on any atom is -0.760 e. The highest BCUT2D eigenvalue weighted by atomic mass is 35.7. The summed E-state index contributed by atoms with van der Waals surface area (Å²) in [5.41, 5.74) is 0. The average molecular weight is 197 g/mol. The Hall–Kier alpha value is -0.160. The van der Waals surface area contributed by atoms with Gasteiger partial charge in [-0.25, -0.2) is 0 Å². The molecule has 0 aromatic heterocycles. The fourth-order valence-corrected chi connectivity index (χ4v) is 0.287. The summed E-state index contributed by atoms with van der Waals surface area (Å²) in [7, 11) is 1.80. The van der Waals surface area contributed by atoms with Gasteiger partial charge in [0.1, 0.15) is 0 Å². The summed E-state index contributed by atoms with van der Waals surface area (Å²) in [6, 6.07) is 0. The lowest BCUT2D eigenvalue weighted by Crippen LogP contribution is -2.11. The molecule has 0 bridgehead atoms. The molecule has 0 aromatic carbocycles. The summed E-state index contributed by atoms with van der Waals surface area (Å²) in [6.45, 7) is 8.81. The quantitative estimate of drug-likeness (QED) is 0.316. The largest absolute Gasteiger partial charge is 0.760 e. The Morgan fingerprint density at radius 2 is 1.73 bits per heavy atom. The van der Waals surface area contributed by atoms with Crippen LogP contribution in [0, 0.1) is 0 Å². The van der Waals surface area contributed by atoms with Crippen molar-refractivity contribution in [2.24, 2.45) is 0 Å². The van der Waals surface area contributed by atoms with Crippen LogP contribution in [-0.4, -0.2) is 21.9 Å². The van der Waals surface area contributed by atoms with E-state index in [2.05, 4.69) is 29.2 Å². The van der Waals surface area contributed by atoms with Crippen molar-refractivity contribution in [2.75, 3.05) is 13.1 Å². The monoisotopic (exact) mass is 196 g/mol. The fraction of sp³-hybridized carbons (Fsp3) is 0.333. The van der Waals surface area contributed by atoms with E-state index < -0.39 is 10.3 Å². The Balaban J connectivity index is 0. The summed E-state index contributed by atoms with van der Waals surface area (Å²) in [5.74, 6) is 0. The number of hydrogen-bond donors (Lipinski definition) is 1. The van der Waals surface area contributed by atoms with Gasteiger partial charge in [0.25, 0.3) is 0 Å². The lowest BCUT2D eigenvalue weighted by molar-refractivity contribution is 0.552. The van der Waals surface area contributed by atoms with Crippen LogP contribution in [0.3, 0.4) is 0 Å². The summed E-state index contributed by atoms with van der Waals surface area (Å²) < 4.78 is 17.5. The normalized spacial score (nSPS) is 10.7. The standard InChI is InChI=1S/C6H11N.ClHO2S/c1-3-5-7-6-4-2;1-4(2)3/h3-4,7H,1-2,5-6H2;(H,2,3)/p-1. The molecule has 0 aromatic rings. The molecule has 0 heterocycles. The maximum Gasteiger partial charge on any atom is 0.0422 e. The summed E-state index contributed by atoms with van der Waals surface area (Å²) in [4.78, 5) is 0. The van der Waals surface area contributed by atoms with Gasteiger partial charge in [-0.2, -0.15) is 0 Å². The van der Waals surface area contributed by atoms with Gasteiger partial charge in [0.15, 0.2) is 0 Å². The molecule has 3 nitrogen and oxygen atoms in total. The van der Waals surface area contributed by atoms with Gasteiger partial charge in [-0.05, 0) is 10.7 Å². The number of rotatable bonds is 4. The lowest BCUT2D eigenvalue weighted by Gasteiger charge is -1.90. The maximum atomic E-state index is 8.77. The molecule has 0 spiro atoms. The van der Waals surface area contributed by atoms with Gasteiger partial charge < -0.3 is 9.87 Å². The van der Waals surface area contributed by atoms with Gasteiger partial charge in [-0.1, -0.05) is 12.2 Å². The van der Waals surface area contributed by atoms with Crippen molar-refractivity contribution in [1.29, 1.82) is 0 Å². The van der Waals surface area contributed by atoms with E-state index in [9.17, 15) is 0 Å². The molecule has 0 aliphatic heterocycles. The number of nitrogens with one attached hydrogen (secondary N) is 1. The van der Waals surface area contributed by atoms with Crippen LogP contribution in [-0.2, 0) is 10.3 Å². The van der Waals surface area contributed by atoms with Crippen molar-refractivity contribution in [3.63, 3.8) is 0 Å². The van der Waals surface area contributed by atoms with Crippen molar-refractivity contribution in [3.8, 4) is 0 Å². The van der Waals surface area contributed by atoms with Crippen LogP contribution in [0.4, 0.5) is 0 Å². The van der Waals surface area contributed by atoms with Gasteiger partial charge in [-0.3, -0.25) is 4.21 Å². The summed E-state index contributed by atoms with van der Waals surface area (Å²) in [5, 5.41) is 3.05. The molecule has 1 N–H and O–H groups in total. The molecule has 5 heteroatoms. The van der Waals surface area contributed by atoms with Crippen LogP contribution >= 0.6 is 10.7 Å². The lowest BCUT2D eigenvalue weighted by atomic mass is 10.5. The molecule has 1 unspecified atom stereocenters. The van der Waals surface area contributed by atoms with E-state index in [1.54, 1.807) is 0 Å². The van der Waals surface area contributed by atoms with Crippen molar-refractivity contribution in [2.45, 2.75) is 0 Å². The molecule has 0 rings (SSSR count). The van der Waals surface area contributed by atoms with Crippen molar-refractivity contribution in [1.82, 2.24) is 5.32 Å². The molecule has 0 aliphatic carbocycles. The molecular formula is C6H11ClNO2S-. The smallest absolute Gasteiger partial charge is 0.0422 e. The SMILES string of the molecule is C=CCNCC=C.O=S([O-])Cl. The van der Waals surface area contributed by atoms with Crippen molar-refractivity contribution in [3.05, 3.63) is 25.3 Å². The minimum absolute atomic E-state index is 0.867. The predicted octanol–water partition coefficient (Wildman–Crippen LogP) is 0.967. The van der Waals surface area contributed by atoms with E-state index in [4.69, 9.17) is 8.76 Å². The molecule has 0 aliphatic rings. The summed E-state index contributed by atoms with van der Waals surface area (Å²) in [6.07, 6.45) is 3.65. The second-order valence-electron chi connectivity index (χ2n) is 1.43. The Labute approximate surface area is 73.9 Å². The van der Waals surface area contributed by atoms with Gasteiger partial charge in [0, 0.05) is 23.4 Å². The van der Waals surface area contributed by atoms with Crippen LogP contribution in [0.15, 0.2) is 25.3 Å². The van der Waals surface area contributed by atoms with Gasteiger partial charge in [0.2, 0.25) is 0 Å². The van der Waals surface area contributed by atoms with E-state index in [0.717, 1.165) is 13.1 Å². The molecule has 0 saturated carbocycles. The van der Waals surface area contributed by atoms with Crippen LogP contribution in [0.5, 0.6) is 0 Å². The Morgan fingerprint density at radius 3 is 1.91 bits per heavy atom. The van der Waals surface area contributed by atoms with Gasteiger partial charge in [0.05, 0.1) is 0 Å². The molecule has 0 saturated heterocycles. The van der Waals surface area contributed by atoms with Crippen LogP contribution < -0.4 is 5.32 Å². The fourth-order valence-electron chi connectivity index (χ4n) is 0.287. The third kappa shape index (κ3) is 41.0. The van der Waals surface area contributed by atoms with Crippen LogP contribution in [0.2, 0.25) is 0 Å². The molecule has 0 amide bonds.